The average Bonchev–Trinajstić information content (AvgIpc) is 3.20. The van der Waals surface area contributed by atoms with E-state index in [1.807, 2.05) is 31.6 Å². The zero-order valence-corrected chi connectivity index (χ0v) is 17.8. The summed E-state index contributed by atoms with van der Waals surface area (Å²) >= 11 is 0. The SMILES string of the molecule is Cc1n[nH]c(C)c1CCN(C)C(=O)Cn1nccc1C1CCCNC1.Cl.Cl. The molecular weight excluding hydrogens is 387 g/mol. The van der Waals surface area contributed by atoms with Gasteiger partial charge in [0.2, 0.25) is 5.91 Å². The number of halogens is 2. The summed E-state index contributed by atoms with van der Waals surface area (Å²) in [6.45, 7) is 7.05. The number of nitrogens with one attached hydrogen (secondary N) is 2. The Morgan fingerprint density at radius 1 is 1.37 bits per heavy atom. The Morgan fingerprint density at radius 3 is 2.78 bits per heavy atom. The van der Waals surface area contributed by atoms with Gasteiger partial charge in [-0.3, -0.25) is 14.6 Å². The van der Waals surface area contributed by atoms with Crippen molar-refractivity contribution in [1.82, 2.24) is 30.2 Å². The van der Waals surface area contributed by atoms with Gasteiger partial charge in [-0.2, -0.15) is 10.2 Å². The number of piperidine rings is 1. The van der Waals surface area contributed by atoms with Crippen LogP contribution in [0.5, 0.6) is 0 Å². The van der Waals surface area contributed by atoms with E-state index in [4.69, 9.17) is 0 Å². The van der Waals surface area contributed by atoms with Crippen molar-refractivity contribution in [2.24, 2.45) is 0 Å². The van der Waals surface area contributed by atoms with E-state index in [9.17, 15) is 4.79 Å². The fourth-order valence-corrected chi connectivity index (χ4v) is 3.52. The van der Waals surface area contributed by atoms with E-state index in [1.54, 1.807) is 11.1 Å². The molecule has 27 heavy (non-hydrogen) atoms. The molecule has 0 aromatic carbocycles. The van der Waals surface area contributed by atoms with Gasteiger partial charge in [0, 0.05) is 43.6 Å². The molecule has 2 aromatic heterocycles. The highest BCUT2D eigenvalue weighted by molar-refractivity contribution is 5.85. The normalized spacial score (nSPS) is 16.3. The zero-order valence-electron chi connectivity index (χ0n) is 16.2. The summed E-state index contributed by atoms with van der Waals surface area (Å²) in [7, 11) is 1.86. The second-order valence-corrected chi connectivity index (χ2v) is 6.93. The number of carbonyl (C=O) groups is 1. The van der Waals surface area contributed by atoms with Crippen LogP contribution in [0.3, 0.4) is 0 Å². The zero-order chi connectivity index (χ0) is 17.8. The first-order valence-electron chi connectivity index (χ1n) is 9.03. The second kappa shape index (κ2) is 10.7. The Labute approximate surface area is 173 Å². The lowest BCUT2D eigenvalue weighted by molar-refractivity contribution is -0.130. The molecule has 0 spiro atoms. The Kier molecular flexibility index (Phi) is 9.29. The number of nitrogens with zero attached hydrogens (tertiary/aromatic N) is 4. The maximum atomic E-state index is 12.6. The lowest BCUT2D eigenvalue weighted by Gasteiger charge is -2.24. The Bertz CT molecular complexity index is 704. The van der Waals surface area contributed by atoms with E-state index in [2.05, 4.69) is 20.6 Å². The molecule has 152 valence electrons. The topological polar surface area (TPSA) is 78.8 Å². The van der Waals surface area contributed by atoms with Gasteiger partial charge in [0.1, 0.15) is 6.54 Å². The van der Waals surface area contributed by atoms with E-state index >= 15 is 0 Å². The number of aromatic amines is 1. The van der Waals surface area contributed by atoms with Gasteiger partial charge in [-0.05, 0) is 51.3 Å². The molecule has 1 amide bonds. The third kappa shape index (κ3) is 5.70. The van der Waals surface area contributed by atoms with Crippen molar-refractivity contribution >= 4 is 30.7 Å². The first-order chi connectivity index (χ1) is 12.1. The van der Waals surface area contributed by atoms with Crippen molar-refractivity contribution in [3.8, 4) is 0 Å². The van der Waals surface area contributed by atoms with E-state index in [-0.39, 0.29) is 30.7 Å². The summed E-state index contributed by atoms with van der Waals surface area (Å²) in [6, 6.07) is 2.04. The molecule has 7 nitrogen and oxygen atoms in total. The number of aromatic nitrogens is 4. The van der Waals surface area contributed by atoms with Crippen molar-refractivity contribution in [3.63, 3.8) is 0 Å². The predicted molar refractivity (Wildman–Crippen MR) is 111 cm³/mol. The maximum absolute atomic E-state index is 12.6. The highest BCUT2D eigenvalue weighted by Gasteiger charge is 2.21. The van der Waals surface area contributed by atoms with Crippen LogP contribution < -0.4 is 5.32 Å². The largest absolute Gasteiger partial charge is 0.344 e. The molecule has 9 heteroatoms. The molecule has 1 fully saturated rings. The summed E-state index contributed by atoms with van der Waals surface area (Å²) in [4.78, 5) is 14.4. The molecule has 1 saturated heterocycles. The molecule has 2 aromatic rings. The van der Waals surface area contributed by atoms with Crippen LogP contribution in [0.25, 0.3) is 0 Å². The standard InChI is InChI=1S/C18H28N6O.2ClH/c1-13-16(14(2)22-21-13)7-10-23(3)18(25)12-24-17(6-9-20-24)15-5-4-8-19-11-15;;/h6,9,15,19H,4-5,7-8,10-12H2,1-3H3,(H,21,22);2*1H. The quantitative estimate of drug-likeness (QED) is 0.756. The van der Waals surface area contributed by atoms with Crippen molar-refractivity contribution in [2.45, 2.75) is 45.6 Å². The van der Waals surface area contributed by atoms with Crippen LogP contribution in [0.1, 0.15) is 41.4 Å². The molecule has 1 aliphatic rings. The number of hydrogen-bond acceptors (Lipinski definition) is 4. The molecule has 0 radical (unpaired) electrons. The summed E-state index contributed by atoms with van der Waals surface area (Å²) in [5.41, 5.74) is 4.46. The summed E-state index contributed by atoms with van der Waals surface area (Å²) in [5, 5.41) is 15.0. The molecule has 1 atom stereocenters. The Morgan fingerprint density at radius 2 is 2.15 bits per heavy atom. The summed E-state index contributed by atoms with van der Waals surface area (Å²) < 4.78 is 1.87. The minimum absolute atomic E-state index is 0. The van der Waals surface area contributed by atoms with Crippen LogP contribution in [0.4, 0.5) is 0 Å². The van der Waals surface area contributed by atoms with E-state index in [0.29, 0.717) is 19.0 Å². The molecule has 3 heterocycles. The number of hydrogen-bond donors (Lipinski definition) is 2. The van der Waals surface area contributed by atoms with Gasteiger partial charge >= 0.3 is 0 Å². The van der Waals surface area contributed by atoms with Gasteiger partial charge in [0.05, 0.1) is 5.69 Å². The smallest absolute Gasteiger partial charge is 0.244 e. The van der Waals surface area contributed by atoms with Gasteiger partial charge in [0.15, 0.2) is 0 Å². The molecule has 2 N–H and O–H groups in total. The van der Waals surface area contributed by atoms with Crippen LogP contribution in [-0.4, -0.2) is 57.5 Å². The highest BCUT2D eigenvalue weighted by atomic mass is 35.5. The second-order valence-electron chi connectivity index (χ2n) is 6.93. The highest BCUT2D eigenvalue weighted by Crippen LogP contribution is 2.22. The number of rotatable bonds is 6. The third-order valence-corrected chi connectivity index (χ3v) is 5.15. The molecule has 3 rings (SSSR count). The van der Waals surface area contributed by atoms with Crippen molar-refractivity contribution in [3.05, 3.63) is 34.9 Å². The molecule has 1 aliphatic heterocycles. The molecule has 0 saturated carbocycles. The number of aryl methyl sites for hydroxylation is 2. The van der Waals surface area contributed by atoms with Crippen LogP contribution in [0, 0.1) is 13.8 Å². The minimum atomic E-state index is 0. The number of amides is 1. The van der Waals surface area contributed by atoms with Crippen LogP contribution >= 0.6 is 24.8 Å². The Balaban J connectivity index is 0.00000182. The maximum Gasteiger partial charge on any atom is 0.244 e. The lowest BCUT2D eigenvalue weighted by atomic mass is 9.96. The molecule has 1 unspecified atom stereocenters. The van der Waals surface area contributed by atoms with Crippen molar-refractivity contribution in [1.29, 1.82) is 0 Å². The predicted octanol–water partition coefficient (Wildman–Crippen LogP) is 2.23. The number of likely N-dealkylation sites (N-methyl/N-ethyl adjacent to an activating group) is 1. The van der Waals surface area contributed by atoms with Crippen LogP contribution in [-0.2, 0) is 17.8 Å². The number of carbonyl (C=O) groups excluding carboxylic acids is 1. The van der Waals surface area contributed by atoms with E-state index in [1.165, 1.54) is 12.0 Å². The van der Waals surface area contributed by atoms with E-state index < -0.39 is 0 Å². The van der Waals surface area contributed by atoms with Crippen molar-refractivity contribution < 1.29 is 4.79 Å². The van der Waals surface area contributed by atoms with Gasteiger partial charge in [-0.25, -0.2) is 0 Å². The van der Waals surface area contributed by atoms with E-state index in [0.717, 1.165) is 43.0 Å². The average molecular weight is 417 g/mol. The molecule has 0 aliphatic carbocycles. The fourth-order valence-electron chi connectivity index (χ4n) is 3.52. The van der Waals surface area contributed by atoms with Crippen LogP contribution in [0.15, 0.2) is 12.3 Å². The number of H-pyrrole nitrogens is 1. The van der Waals surface area contributed by atoms with Crippen LogP contribution in [0.2, 0.25) is 0 Å². The lowest BCUT2D eigenvalue weighted by Crippen LogP contribution is -2.34. The van der Waals surface area contributed by atoms with Gasteiger partial charge in [-0.15, -0.1) is 24.8 Å². The Hall–Kier alpha value is -1.57. The molecule has 0 bridgehead atoms. The van der Waals surface area contributed by atoms with Gasteiger partial charge < -0.3 is 10.2 Å². The third-order valence-electron chi connectivity index (χ3n) is 5.15. The first kappa shape index (κ1) is 23.5. The summed E-state index contributed by atoms with van der Waals surface area (Å²) in [6.07, 6.45) is 4.94. The molecular formula is C18H30Cl2N6O. The first-order valence-corrected chi connectivity index (χ1v) is 9.03. The minimum Gasteiger partial charge on any atom is -0.344 e. The van der Waals surface area contributed by atoms with Gasteiger partial charge in [0.25, 0.3) is 0 Å². The summed E-state index contributed by atoms with van der Waals surface area (Å²) in [5.74, 6) is 0.540. The van der Waals surface area contributed by atoms with Crippen molar-refractivity contribution in [2.75, 3.05) is 26.7 Å². The van der Waals surface area contributed by atoms with Gasteiger partial charge in [-0.1, -0.05) is 0 Å². The monoisotopic (exact) mass is 416 g/mol. The fraction of sp³-hybridized carbons (Fsp3) is 0.611.